The summed E-state index contributed by atoms with van der Waals surface area (Å²) in [4.78, 5) is 12.1. The quantitative estimate of drug-likeness (QED) is 0.690. The number of benzene rings is 1. The summed E-state index contributed by atoms with van der Waals surface area (Å²) in [7, 11) is -3.71. The highest BCUT2D eigenvalue weighted by molar-refractivity contribution is 7.89. The normalized spacial score (nSPS) is 23.8. The van der Waals surface area contributed by atoms with Crippen LogP contribution in [0, 0.1) is 5.92 Å². The molecule has 1 fully saturated rings. The summed E-state index contributed by atoms with van der Waals surface area (Å²) in [5, 5.41) is 7.88. The Morgan fingerprint density at radius 2 is 1.95 bits per heavy atom. The molecule has 0 spiro atoms. The Hall–Kier alpha value is -1.48. The minimum atomic E-state index is -3.71. The molecule has 21 heavy (non-hydrogen) atoms. The van der Waals surface area contributed by atoms with Crippen molar-refractivity contribution in [1.82, 2.24) is 5.32 Å². The van der Waals surface area contributed by atoms with Gasteiger partial charge in [-0.3, -0.25) is 4.79 Å². The molecule has 7 nitrogen and oxygen atoms in total. The maximum absolute atomic E-state index is 12.1. The molecule has 1 aliphatic rings. The number of carbonyl (C=O) groups is 1. The first-order chi connectivity index (χ1) is 9.79. The number of nitrogens with two attached hydrogens (primary N) is 2. The Kier molecular flexibility index (Phi) is 4.62. The van der Waals surface area contributed by atoms with Gasteiger partial charge in [0.2, 0.25) is 15.9 Å². The summed E-state index contributed by atoms with van der Waals surface area (Å²) in [5.74, 6) is -0.515. The fourth-order valence-electron chi connectivity index (χ4n) is 2.19. The summed E-state index contributed by atoms with van der Waals surface area (Å²) < 4.78 is 27.5. The molecule has 8 heteroatoms. The third kappa shape index (κ3) is 3.79. The van der Waals surface area contributed by atoms with E-state index in [9.17, 15) is 13.2 Å². The highest BCUT2D eigenvalue weighted by Gasteiger charge is 2.31. The molecule has 1 saturated heterocycles. The summed E-state index contributed by atoms with van der Waals surface area (Å²) in [5.41, 5.74) is 6.58. The molecule has 1 aromatic carbocycles. The molecule has 1 aliphatic heterocycles. The molecular formula is C13H19N3O4S. The number of nitrogens with one attached hydrogen (secondary N) is 1. The topological polar surface area (TPSA) is 125 Å². The highest BCUT2D eigenvalue weighted by Crippen LogP contribution is 2.18. The Balaban J connectivity index is 2.03. The molecule has 116 valence electrons. The molecule has 1 amide bonds. The molecule has 2 rings (SSSR count). The molecule has 1 aromatic rings. The summed E-state index contributed by atoms with van der Waals surface area (Å²) in [6.45, 7) is 2.52. The molecule has 5 N–H and O–H groups in total. The maximum atomic E-state index is 12.1. The van der Waals surface area contributed by atoms with Crippen molar-refractivity contribution in [1.29, 1.82) is 0 Å². The number of ether oxygens (including phenoxy) is 1. The average molecular weight is 313 g/mol. The van der Waals surface area contributed by atoms with Crippen LogP contribution >= 0.6 is 0 Å². The Morgan fingerprint density at radius 1 is 1.33 bits per heavy atom. The zero-order valence-corrected chi connectivity index (χ0v) is 12.5. The number of hydrogen-bond donors (Lipinski definition) is 3. The lowest BCUT2D eigenvalue weighted by Gasteiger charge is -2.19. The van der Waals surface area contributed by atoms with E-state index in [-0.39, 0.29) is 28.8 Å². The maximum Gasteiger partial charge on any atom is 0.238 e. The van der Waals surface area contributed by atoms with E-state index in [4.69, 9.17) is 15.6 Å². The second-order valence-corrected chi connectivity index (χ2v) is 6.71. The predicted octanol–water partition coefficient (Wildman–Crippen LogP) is -0.515. The standard InChI is InChI=1S/C13H19N3O4S/c1-8(16-13(17)11-6-20-7-12(11)14)9-2-4-10(5-3-9)21(15,18)19/h2-5,8,11-12H,6-7,14H2,1H3,(H,16,17)(H2,15,18,19). The molecule has 0 saturated carbocycles. The number of sulfonamides is 1. The molecule has 3 atom stereocenters. The van der Waals surface area contributed by atoms with E-state index in [0.29, 0.717) is 13.2 Å². The first-order valence-electron chi connectivity index (χ1n) is 6.55. The van der Waals surface area contributed by atoms with Crippen LogP contribution in [0.3, 0.4) is 0 Å². The van der Waals surface area contributed by atoms with Gasteiger partial charge in [0.15, 0.2) is 0 Å². The van der Waals surface area contributed by atoms with Crippen molar-refractivity contribution in [3.05, 3.63) is 29.8 Å². The molecule has 0 bridgehead atoms. The molecule has 0 radical (unpaired) electrons. The van der Waals surface area contributed by atoms with E-state index in [1.807, 2.05) is 6.92 Å². The van der Waals surface area contributed by atoms with Gasteiger partial charge in [0.05, 0.1) is 30.1 Å². The molecular weight excluding hydrogens is 294 g/mol. The monoisotopic (exact) mass is 313 g/mol. The number of rotatable bonds is 4. The van der Waals surface area contributed by atoms with Gasteiger partial charge in [-0.2, -0.15) is 0 Å². The SMILES string of the molecule is CC(NC(=O)C1COCC1N)c1ccc(S(N)(=O)=O)cc1. The van der Waals surface area contributed by atoms with Crippen LogP contribution in [-0.4, -0.2) is 33.6 Å². The lowest BCUT2D eigenvalue weighted by molar-refractivity contribution is -0.125. The third-order valence-electron chi connectivity index (χ3n) is 3.53. The van der Waals surface area contributed by atoms with Gasteiger partial charge in [0, 0.05) is 6.04 Å². The van der Waals surface area contributed by atoms with Crippen LogP contribution < -0.4 is 16.2 Å². The molecule has 0 aromatic heterocycles. The van der Waals surface area contributed by atoms with Crippen molar-refractivity contribution < 1.29 is 17.9 Å². The largest absolute Gasteiger partial charge is 0.379 e. The minimum absolute atomic E-state index is 0.0380. The van der Waals surface area contributed by atoms with Gasteiger partial charge in [0.1, 0.15) is 0 Å². The molecule has 0 aliphatic carbocycles. The first-order valence-corrected chi connectivity index (χ1v) is 8.10. The Labute approximate surface area is 123 Å². The second kappa shape index (κ2) is 6.10. The van der Waals surface area contributed by atoms with Gasteiger partial charge in [-0.1, -0.05) is 12.1 Å². The zero-order valence-electron chi connectivity index (χ0n) is 11.7. The second-order valence-electron chi connectivity index (χ2n) is 5.15. The van der Waals surface area contributed by atoms with Gasteiger partial charge in [0.25, 0.3) is 0 Å². The van der Waals surface area contributed by atoms with Gasteiger partial charge in [-0.25, -0.2) is 13.6 Å². The van der Waals surface area contributed by atoms with E-state index in [2.05, 4.69) is 5.32 Å². The van der Waals surface area contributed by atoms with Crippen LogP contribution in [-0.2, 0) is 19.6 Å². The van der Waals surface area contributed by atoms with Crippen molar-refractivity contribution in [2.75, 3.05) is 13.2 Å². The summed E-state index contributed by atoms with van der Waals surface area (Å²) in [6, 6.07) is 5.52. The predicted molar refractivity (Wildman–Crippen MR) is 76.7 cm³/mol. The lowest BCUT2D eigenvalue weighted by Crippen LogP contribution is -2.41. The van der Waals surface area contributed by atoms with Crippen LogP contribution in [0.5, 0.6) is 0 Å². The fourth-order valence-corrected chi connectivity index (χ4v) is 2.71. The van der Waals surface area contributed by atoms with E-state index in [1.54, 1.807) is 12.1 Å². The summed E-state index contributed by atoms with van der Waals surface area (Å²) >= 11 is 0. The fraction of sp³-hybridized carbons (Fsp3) is 0.462. The van der Waals surface area contributed by atoms with Crippen LogP contribution in [0.25, 0.3) is 0 Å². The average Bonchev–Trinajstić information content (AvgIpc) is 2.84. The van der Waals surface area contributed by atoms with Crippen molar-refractivity contribution >= 4 is 15.9 Å². The van der Waals surface area contributed by atoms with Gasteiger partial charge in [-0.05, 0) is 24.6 Å². The van der Waals surface area contributed by atoms with Crippen molar-refractivity contribution in [3.8, 4) is 0 Å². The Bertz CT molecular complexity index is 615. The number of hydrogen-bond acceptors (Lipinski definition) is 5. The van der Waals surface area contributed by atoms with Crippen LogP contribution in [0.1, 0.15) is 18.5 Å². The van der Waals surface area contributed by atoms with Gasteiger partial charge < -0.3 is 15.8 Å². The minimum Gasteiger partial charge on any atom is -0.379 e. The van der Waals surface area contributed by atoms with Crippen LogP contribution in [0.2, 0.25) is 0 Å². The first kappa shape index (κ1) is 15.9. The number of primary sulfonamides is 1. The summed E-state index contributed by atoms with van der Waals surface area (Å²) in [6.07, 6.45) is 0. The molecule has 1 heterocycles. The number of amides is 1. The van der Waals surface area contributed by atoms with Crippen LogP contribution in [0.4, 0.5) is 0 Å². The van der Waals surface area contributed by atoms with Gasteiger partial charge >= 0.3 is 0 Å². The van der Waals surface area contributed by atoms with Crippen molar-refractivity contribution in [3.63, 3.8) is 0 Å². The van der Waals surface area contributed by atoms with E-state index in [1.165, 1.54) is 12.1 Å². The van der Waals surface area contributed by atoms with Crippen LogP contribution in [0.15, 0.2) is 29.2 Å². The van der Waals surface area contributed by atoms with Crippen molar-refractivity contribution in [2.45, 2.75) is 23.9 Å². The van der Waals surface area contributed by atoms with E-state index in [0.717, 1.165) is 5.56 Å². The highest BCUT2D eigenvalue weighted by atomic mass is 32.2. The zero-order chi connectivity index (χ0) is 15.6. The smallest absolute Gasteiger partial charge is 0.238 e. The van der Waals surface area contributed by atoms with E-state index < -0.39 is 10.0 Å². The third-order valence-corrected chi connectivity index (χ3v) is 4.46. The van der Waals surface area contributed by atoms with E-state index >= 15 is 0 Å². The van der Waals surface area contributed by atoms with Gasteiger partial charge in [-0.15, -0.1) is 0 Å². The Morgan fingerprint density at radius 3 is 2.43 bits per heavy atom. The van der Waals surface area contributed by atoms with Crippen molar-refractivity contribution in [2.24, 2.45) is 16.8 Å². The lowest BCUT2D eigenvalue weighted by atomic mass is 10.0. The number of carbonyl (C=O) groups excluding carboxylic acids is 1. The molecule has 3 unspecified atom stereocenters.